The molecule has 0 aliphatic carbocycles. The number of hydrogen-bond acceptors (Lipinski definition) is 7. The van der Waals surface area contributed by atoms with Crippen molar-refractivity contribution >= 4 is 29.0 Å². The SMILES string of the molecule is CCC(C)c1ccc(NC(=O)CSc2nnc(CNc3ccc(OC)cc3)n2N)cc1. The first kappa shape index (κ1) is 22.5. The molecule has 1 unspecified atom stereocenters. The highest BCUT2D eigenvalue weighted by molar-refractivity contribution is 7.99. The number of carbonyl (C=O) groups excluding carboxylic acids is 1. The van der Waals surface area contributed by atoms with E-state index in [-0.39, 0.29) is 11.7 Å². The lowest BCUT2D eigenvalue weighted by Gasteiger charge is -2.10. The van der Waals surface area contributed by atoms with Crippen molar-refractivity contribution in [2.24, 2.45) is 0 Å². The molecule has 0 radical (unpaired) electrons. The van der Waals surface area contributed by atoms with Gasteiger partial charge in [0, 0.05) is 11.4 Å². The molecule has 0 bridgehead atoms. The molecule has 1 heterocycles. The lowest BCUT2D eigenvalue weighted by molar-refractivity contribution is -0.113. The molecule has 0 aliphatic rings. The largest absolute Gasteiger partial charge is 0.497 e. The molecule has 1 aromatic heterocycles. The Morgan fingerprint density at radius 2 is 1.81 bits per heavy atom. The fourth-order valence-electron chi connectivity index (χ4n) is 2.87. The fourth-order valence-corrected chi connectivity index (χ4v) is 3.55. The average Bonchev–Trinajstić information content (AvgIpc) is 3.15. The second-order valence-electron chi connectivity index (χ2n) is 7.12. The number of hydrogen-bond donors (Lipinski definition) is 3. The molecular weight excluding hydrogens is 412 g/mol. The van der Waals surface area contributed by atoms with Gasteiger partial charge in [0.15, 0.2) is 5.82 Å². The van der Waals surface area contributed by atoms with E-state index in [1.165, 1.54) is 22.0 Å². The quantitative estimate of drug-likeness (QED) is 0.325. The molecule has 9 heteroatoms. The highest BCUT2D eigenvalue weighted by Gasteiger charge is 2.13. The van der Waals surface area contributed by atoms with Crippen LogP contribution in [-0.4, -0.2) is 33.6 Å². The number of methoxy groups -OCH3 is 1. The van der Waals surface area contributed by atoms with Crippen LogP contribution in [0.15, 0.2) is 53.7 Å². The van der Waals surface area contributed by atoms with E-state index in [1.54, 1.807) is 7.11 Å². The number of benzene rings is 2. The summed E-state index contributed by atoms with van der Waals surface area (Å²) in [7, 11) is 1.63. The van der Waals surface area contributed by atoms with Crippen LogP contribution in [0, 0.1) is 0 Å². The number of nitrogens with two attached hydrogens (primary N) is 1. The summed E-state index contributed by atoms with van der Waals surface area (Å²) in [6, 6.07) is 15.5. The molecule has 164 valence electrons. The molecule has 2 aromatic carbocycles. The van der Waals surface area contributed by atoms with Crippen molar-refractivity contribution in [2.75, 3.05) is 29.3 Å². The number of ether oxygens (including phenoxy) is 1. The first-order chi connectivity index (χ1) is 15.0. The molecule has 3 aromatic rings. The Morgan fingerprint density at radius 1 is 1.13 bits per heavy atom. The molecule has 0 aliphatic heterocycles. The summed E-state index contributed by atoms with van der Waals surface area (Å²) in [6.45, 7) is 4.76. The fraction of sp³-hybridized carbons (Fsp3) is 0.318. The summed E-state index contributed by atoms with van der Waals surface area (Å²) in [5.74, 6) is 8.02. The van der Waals surface area contributed by atoms with E-state index < -0.39 is 0 Å². The van der Waals surface area contributed by atoms with Crippen LogP contribution in [0.25, 0.3) is 0 Å². The van der Waals surface area contributed by atoms with Crippen molar-refractivity contribution in [1.29, 1.82) is 0 Å². The van der Waals surface area contributed by atoms with Crippen LogP contribution < -0.4 is 21.2 Å². The van der Waals surface area contributed by atoms with Crippen LogP contribution in [0.4, 0.5) is 11.4 Å². The summed E-state index contributed by atoms with van der Waals surface area (Å²) < 4.78 is 6.55. The van der Waals surface area contributed by atoms with Crippen molar-refractivity contribution in [3.8, 4) is 5.75 Å². The minimum atomic E-state index is -0.123. The van der Waals surface area contributed by atoms with Gasteiger partial charge < -0.3 is 21.2 Å². The summed E-state index contributed by atoms with van der Waals surface area (Å²) in [5.41, 5.74) is 2.95. The van der Waals surface area contributed by atoms with Gasteiger partial charge in [-0.15, -0.1) is 10.2 Å². The Morgan fingerprint density at radius 3 is 2.45 bits per heavy atom. The predicted octanol–water partition coefficient (Wildman–Crippen LogP) is 3.86. The van der Waals surface area contributed by atoms with E-state index in [1.807, 2.05) is 36.4 Å². The van der Waals surface area contributed by atoms with Gasteiger partial charge in [-0.3, -0.25) is 4.79 Å². The Hall–Kier alpha value is -3.20. The number of anilines is 2. The van der Waals surface area contributed by atoms with Crippen LogP contribution in [0.2, 0.25) is 0 Å². The number of thioether (sulfide) groups is 1. The lowest BCUT2D eigenvalue weighted by Crippen LogP contribution is -2.18. The Balaban J connectivity index is 1.49. The molecule has 31 heavy (non-hydrogen) atoms. The third-order valence-corrected chi connectivity index (χ3v) is 5.93. The van der Waals surface area contributed by atoms with Crippen molar-refractivity contribution in [3.05, 3.63) is 59.9 Å². The minimum Gasteiger partial charge on any atom is -0.497 e. The smallest absolute Gasteiger partial charge is 0.234 e. The number of carbonyl (C=O) groups is 1. The normalized spacial score (nSPS) is 11.7. The number of nitrogens with zero attached hydrogens (tertiary/aromatic N) is 3. The van der Waals surface area contributed by atoms with Gasteiger partial charge in [0.25, 0.3) is 0 Å². The zero-order valence-electron chi connectivity index (χ0n) is 18.0. The first-order valence-corrected chi connectivity index (χ1v) is 11.1. The highest BCUT2D eigenvalue weighted by atomic mass is 32.2. The number of nitrogen functional groups attached to an aromatic ring is 1. The van der Waals surface area contributed by atoms with Crippen LogP contribution in [0.5, 0.6) is 5.75 Å². The molecule has 1 atom stereocenters. The molecule has 8 nitrogen and oxygen atoms in total. The maximum atomic E-state index is 12.3. The lowest BCUT2D eigenvalue weighted by atomic mass is 9.99. The third kappa shape index (κ3) is 6.14. The van der Waals surface area contributed by atoms with E-state index in [4.69, 9.17) is 10.6 Å². The number of aromatic nitrogens is 3. The van der Waals surface area contributed by atoms with E-state index >= 15 is 0 Å². The van der Waals surface area contributed by atoms with E-state index in [2.05, 4.69) is 46.8 Å². The predicted molar refractivity (Wildman–Crippen MR) is 125 cm³/mol. The van der Waals surface area contributed by atoms with Gasteiger partial charge in [0.05, 0.1) is 19.4 Å². The van der Waals surface area contributed by atoms with Gasteiger partial charge in [0.1, 0.15) is 5.75 Å². The monoisotopic (exact) mass is 440 g/mol. The second-order valence-corrected chi connectivity index (χ2v) is 8.06. The molecule has 0 saturated carbocycles. The number of nitrogens with one attached hydrogen (secondary N) is 2. The third-order valence-electron chi connectivity index (χ3n) is 4.98. The molecule has 1 amide bonds. The van der Waals surface area contributed by atoms with Crippen molar-refractivity contribution < 1.29 is 9.53 Å². The van der Waals surface area contributed by atoms with Gasteiger partial charge in [0.2, 0.25) is 11.1 Å². The van der Waals surface area contributed by atoms with Crippen LogP contribution in [0.3, 0.4) is 0 Å². The van der Waals surface area contributed by atoms with Gasteiger partial charge in [-0.05, 0) is 54.3 Å². The maximum absolute atomic E-state index is 12.3. The van der Waals surface area contributed by atoms with Crippen LogP contribution in [0.1, 0.15) is 37.6 Å². The van der Waals surface area contributed by atoms with Gasteiger partial charge in [-0.1, -0.05) is 37.7 Å². The average molecular weight is 441 g/mol. The summed E-state index contributed by atoms with van der Waals surface area (Å²) in [6.07, 6.45) is 1.08. The minimum absolute atomic E-state index is 0.123. The zero-order valence-corrected chi connectivity index (χ0v) is 18.8. The van der Waals surface area contributed by atoms with Crippen LogP contribution in [-0.2, 0) is 11.3 Å². The number of amides is 1. The Kier molecular flexibility index (Phi) is 7.77. The highest BCUT2D eigenvalue weighted by Crippen LogP contribution is 2.21. The zero-order chi connectivity index (χ0) is 22.2. The number of rotatable bonds is 10. The van der Waals surface area contributed by atoms with Gasteiger partial charge >= 0.3 is 0 Å². The molecule has 0 fully saturated rings. The summed E-state index contributed by atoms with van der Waals surface area (Å²) >= 11 is 1.24. The van der Waals surface area contributed by atoms with Crippen molar-refractivity contribution in [3.63, 3.8) is 0 Å². The summed E-state index contributed by atoms with van der Waals surface area (Å²) in [5, 5.41) is 14.8. The first-order valence-electron chi connectivity index (χ1n) is 10.1. The van der Waals surface area contributed by atoms with E-state index in [9.17, 15) is 4.79 Å². The van der Waals surface area contributed by atoms with E-state index in [0.29, 0.717) is 23.4 Å². The second kappa shape index (κ2) is 10.7. The maximum Gasteiger partial charge on any atom is 0.234 e. The Bertz CT molecular complexity index is 988. The molecule has 4 N–H and O–H groups in total. The van der Waals surface area contributed by atoms with Crippen LogP contribution >= 0.6 is 11.8 Å². The standard InChI is InChI=1S/C22H28N6O2S/c1-4-15(2)16-5-7-18(8-6-16)25-21(29)14-31-22-27-26-20(28(22)23)13-24-17-9-11-19(30-3)12-10-17/h5-12,15,24H,4,13-14,23H2,1-3H3,(H,25,29). The molecular formula is C22H28N6O2S. The van der Waals surface area contributed by atoms with Gasteiger partial charge in [-0.25, -0.2) is 4.68 Å². The van der Waals surface area contributed by atoms with Gasteiger partial charge in [-0.2, -0.15) is 0 Å². The van der Waals surface area contributed by atoms with Crippen molar-refractivity contribution in [2.45, 2.75) is 37.9 Å². The Labute approximate surface area is 186 Å². The molecule has 0 saturated heterocycles. The molecule has 3 rings (SSSR count). The summed E-state index contributed by atoms with van der Waals surface area (Å²) in [4.78, 5) is 12.3. The molecule has 0 spiro atoms. The topological polar surface area (TPSA) is 107 Å². The van der Waals surface area contributed by atoms with Crippen molar-refractivity contribution in [1.82, 2.24) is 14.9 Å². The van der Waals surface area contributed by atoms with E-state index in [0.717, 1.165) is 23.5 Å².